The van der Waals surface area contributed by atoms with Crippen LogP contribution in [0.2, 0.25) is 5.02 Å². The number of hydrogen-bond donors (Lipinski definition) is 1. The zero-order chi connectivity index (χ0) is 14.4. The number of rotatable bonds is 5. The number of ether oxygens (including phenoxy) is 1. The van der Waals surface area contributed by atoms with Crippen molar-refractivity contribution in [3.63, 3.8) is 0 Å². The third-order valence-electron chi connectivity index (χ3n) is 4.39. The van der Waals surface area contributed by atoms with Gasteiger partial charge in [-0.2, -0.15) is 0 Å². The van der Waals surface area contributed by atoms with Crippen LogP contribution in [0.4, 0.5) is 0 Å². The average Bonchev–Trinajstić information content (AvgIpc) is 2.72. The molecule has 1 unspecified atom stereocenters. The normalized spacial score (nSPS) is 18.6. The maximum Gasteiger partial charge on any atom is 0.122 e. The van der Waals surface area contributed by atoms with Gasteiger partial charge in [0, 0.05) is 16.5 Å². The Morgan fingerprint density at radius 1 is 1.25 bits per heavy atom. The van der Waals surface area contributed by atoms with Crippen molar-refractivity contribution >= 4 is 11.6 Å². The predicted molar refractivity (Wildman–Crippen MR) is 85.6 cm³/mol. The summed E-state index contributed by atoms with van der Waals surface area (Å²) < 4.78 is 5.78. The molecule has 3 heteroatoms. The van der Waals surface area contributed by atoms with Crippen molar-refractivity contribution in [2.45, 2.75) is 51.4 Å². The lowest BCUT2D eigenvalue weighted by molar-refractivity contribution is 0.320. The second-order valence-electron chi connectivity index (χ2n) is 5.71. The third kappa shape index (κ3) is 3.89. The lowest BCUT2D eigenvalue weighted by Crippen LogP contribution is -2.22. The first-order valence-electron chi connectivity index (χ1n) is 7.88. The molecular weight excluding hydrogens is 270 g/mol. The number of halogens is 1. The average molecular weight is 296 g/mol. The molecule has 2 N–H and O–H groups in total. The number of benzene rings is 1. The summed E-state index contributed by atoms with van der Waals surface area (Å²) in [6, 6.07) is 5.94. The van der Waals surface area contributed by atoms with Crippen LogP contribution in [0.5, 0.6) is 5.75 Å². The Bertz CT molecular complexity index is 413. The van der Waals surface area contributed by atoms with Gasteiger partial charge >= 0.3 is 0 Å². The van der Waals surface area contributed by atoms with E-state index >= 15 is 0 Å². The van der Waals surface area contributed by atoms with Crippen LogP contribution in [-0.2, 0) is 0 Å². The molecule has 1 atom stereocenters. The molecule has 1 fully saturated rings. The molecule has 112 valence electrons. The van der Waals surface area contributed by atoms with Crippen LogP contribution in [0.1, 0.15) is 56.9 Å². The summed E-state index contributed by atoms with van der Waals surface area (Å²) in [5.41, 5.74) is 7.31. The molecule has 1 aliphatic carbocycles. The minimum absolute atomic E-state index is 0.369. The summed E-state index contributed by atoms with van der Waals surface area (Å²) in [7, 11) is 0. The summed E-state index contributed by atoms with van der Waals surface area (Å²) in [6.45, 7) is 3.36. The Morgan fingerprint density at radius 2 is 1.95 bits per heavy atom. The van der Waals surface area contributed by atoms with Crippen molar-refractivity contribution in [3.8, 4) is 5.75 Å². The first-order valence-corrected chi connectivity index (χ1v) is 8.26. The van der Waals surface area contributed by atoms with Gasteiger partial charge in [0.2, 0.25) is 0 Å². The van der Waals surface area contributed by atoms with Gasteiger partial charge in [-0.3, -0.25) is 0 Å². The Labute approximate surface area is 127 Å². The van der Waals surface area contributed by atoms with E-state index in [2.05, 4.69) is 6.07 Å². The van der Waals surface area contributed by atoms with Crippen LogP contribution in [-0.4, -0.2) is 13.2 Å². The smallest absolute Gasteiger partial charge is 0.122 e. The minimum Gasteiger partial charge on any atom is -0.494 e. The van der Waals surface area contributed by atoms with Gasteiger partial charge in [-0.05, 0) is 50.4 Å². The summed E-state index contributed by atoms with van der Waals surface area (Å²) in [6.07, 6.45) is 7.93. The maximum atomic E-state index is 6.19. The summed E-state index contributed by atoms with van der Waals surface area (Å²) in [5.74, 6) is 1.99. The molecule has 1 aliphatic rings. The van der Waals surface area contributed by atoms with E-state index in [1.54, 1.807) is 0 Å². The highest BCUT2D eigenvalue weighted by molar-refractivity contribution is 6.30. The third-order valence-corrected chi connectivity index (χ3v) is 4.63. The number of hydrogen-bond acceptors (Lipinski definition) is 2. The second kappa shape index (κ2) is 7.90. The maximum absolute atomic E-state index is 6.19. The van der Waals surface area contributed by atoms with Crippen LogP contribution < -0.4 is 10.5 Å². The Balaban J connectivity index is 2.26. The van der Waals surface area contributed by atoms with Crippen molar-refractivity contribution in [2.75, 3.05) is 13.2 Å². The molecule has 0 aromatic heterocycles. The van der Waals surface area contributed by atoms with Crippen molar-refractivity contribution in [2.24, 2.45) is 11.7 Å². The van der Waals surface area contributed by atoms with Gasteiger partial charge in [0.15, 0.2) is 0 Å². The van der Waals surface area contributed by atoms with E-state index in [1.807, 2.05) is 19.1 Å². The van der Waals surface area contributed by atoms with Crippen molar-refractivity contribution in [1.29, 1.82) is 0 Å². The van der Waals surface area contributed by atoms with E-state index in [-0.39, 0.29) is 0 Å². The van der Waals surface area contributed by atoms with E-state index in [1.165, 1.54) is 44.1 Å². The van der Waals surface area contributed by atoms with Gasteiger partial charge in [0.1, 0.15) is 5.75 Å². The fourth-order valence-electron chi connectivity index (χ4n) is 3.38. The molecule has 0 saturated heterocycles. The Kier molecular flexibility index (Phi) is 6.18. The van der Waals surface area contributed by atoms with Crippen LogP contribution >= 0.6 is 11.6 Å². The fourth-order valence-corrected chi connectivity index (χ4v) is 3.56. The van der Waals surface area contributed by atoms with Crippen LogP contribution in [0, 0.1) is 5.92 Å². The monoisotopic (exact) mass is 295 g/mol. The van der Waals surface area contributed by atoms with E-state index in [0.717, 1.165) is 10.8 Å². The van der Waals surface area contributed by atoms with Crippen LogP contribution in [0.15, 0.2) is 18.2 Å². The number of nitrogens with two attached hydrogens (primary N) is 1. The Hall–Kier alpha value is -0.730. The molecule has 0 radical (unpaired) electrons. The molecule has 0 aliphatic heterocycles. The molecule has 1 aromatic carbocycles. The van der Waals surface area contributed by atoms with Gasteiger partial charge in [-0.15, -0.1) is 0 Å². The molecule has 0 bridgehead atoms. The molecule has 20 heavy (non-hydrogen) atoms. The highest BCUT2D eigenvalue weighted by Crippen LogP contribution is 2.39. The molecule has 0 spiro atoms. The van der Waals surface area contributed by atoms with Crippen molar-refractivity contribution in [1.82, 2.24) is 0 Å². The summed E-state index contributed by atoms with van der Waals surface area (Å²) >= 11 is 6.19. The highest BCUT2D eigenvalue weighted by Gasteiger charge is 2.25. The quantitative estimate of drug-likeness (QED) is 0.796. The fraction of sp³-hybridized carbons (Fsp3) is 0.647. The SMILES string of the molecule is CCOc1ccc(Cl)cc1C(CN)C1CCCCCC1. The van der Waals surface area contributed by atoms with Crippen LogP contribution in [0.25, 0.3) is 0 Å². The first kappa shape index (κ1) is 15.7. The molecule has 0 amide bonds. The second-order valence-corrected chi connectivity index (χ2v) is 6.15. The van der Waals surface area contributed by atoms with E-state index in [9.17, 15) is 0 Å². The molecule has 2 rings (SSSR count). The Morgan fingerprint density at radius 3 is 2.55 bits per heavy atom. The van der Waals surface area contributed by atoms with Crippen molar-refractivity contribution in [3.05, 3.63) is 28.8 Å². The molecule has 0 heterocycles. The minimum atomic E-state index is 0.369. The van der Waals surface area contributed by atoms with E-state index in [4.69, 9.17) is 22.1 Å². The van der Waals surface area contributed by atoms with Gasteiger partial charge in [-0.1, -0.05) is 37.3 Å². The zero-order valence-electron chi connectivity index (χ0n) is 12.4. The van der Waals surface area contributed by atoms with Gasteiger partial charge < -0.3 is 10.5 Å². The zero-order valence-corrected chi connectivity index (χ0v) is 13.2. The summed E-state index contributed by atoms with van der Waals surface area (Å²) in [4.78, 5) is 0. The van der Waals surface area contributed by atoms with Gasteiger partial charge in [-0.25, -0.2) is 0 Å². The molecular formula is C17H26ClNO. The highest BCUT2D eigenvalue weighted by atomic mass is 35.5. The largest absolute Gasteiger partial charge is 0.494 e. The summed E-state index contributed by atoms with van der Waals surface area (Å²) in [5, 5.41) is 0.774. The molecule has 2 nitrogen and oxygen atoms in total. The standard InChI is InChI=1S/C17H26ClNO/c1-2-20-17-10-9-14(18)11-15(17)16(12-19)13-7-5-3-4-6-8-13/h9-11,13,16H,2-8,12,19H2,1H3. The lowest BCUT2D eigenvalue weighted by Gasteiger charge is -2.27. The topological polar surface area (TPSA) is 35.2 Å². The first-order chi connectivity index (χ1) is 9.76. The van der Waals surface area contributed by atoms with E-state index in [0.29, 0.717) is 25.0 Å². The van der Waals surface area contributed by atoms with Gasteiger partial charge in [0.05, 0.1) is 6.61 Å². The van der Waals surface area contributed by atoms with Crippen molar-refractivity contribution < 1.29 is 4.74 Å². The predicted octanol–water partition coefficient (Wildman–Crippen LogP) is 4.75. The van der Waals surface area contributed by atoms with E-state index < -0.39 is 0 Å². The lowest BCUT2D eigenvalue weighted by atomic mass is 9.81. The molecule has 1 aromatic rings. The van der Waals surface area contributed by atoms with Gasteiger partial charge in [0.25, 0.3) is 0 Å². The van der Waals surface area contributed by atoms with Crippen LogP contribution in [0.3, 0.4) is 0 Å². The molecule has 1 saturated carbocycles.